The summed E-state index contributed by atoms with van der Waals surface area (Å²) in [4.78, 5) is 29.8. The lowest BCUT2D eigenvalue weighted by Crippen LogP contribution is -2.35. The lowest BCUT2D eigenvalue weighted by molar-refractivity contribution is 0.0941. The maximum absolute atomic E-state index is 12.7. The Hall–Kier alpha value is -2.22. The van der Waals surface area contributed by atoms with Crippen LogP contribution in [0.3, 0.4) is 0 Å². The molecule has 1 saturated heterocycles. The lowest BCUT2D eigenvalue weighted by atomic mass is 10.1. The summed E-state index contributed by atoms with van der Waals surface area (Å²) in [6, 6.07) is 4.52. The third kappa shape index (κ3) is 3.25. The number of amides is 1. The molecule has 2 aromatic rings. The second kappa shape index (κ2) is 6.50. The fourth-order valence-electron chi connectivity index (χ4n) is 3.74. The van der Waals surface area contributed by atoms with Crippen molar-refractivity contribution < 1.29 is 13.2 Å². The number of nitrogens with one attached hydrogen (secondary N) is 1. The van der Waals surface area contributed by atoms with Crippen molar-refractivity contribution in [3.05, 3.63) is 39.9 Å². The van der Waals surface area contributed by atoms with E-state index in [1.165, 1.54) is 0 Å². The van der Waals surface area contributed by atoms with Crippen molar-refractivity contribution in [3.8, 4) is 0 Å². The summed E-state index contributed by atoms with van der Waals surface area (Å²) >= 11 is 0. The second-order valence-corrected chi connectivity index (χ2v) is 9.33. The molecule has 138 valence electrons. The Kier molecular flexibility index (Phi) is 4.30. The molecule has 1 fully saturated rings. The summed E-state index contributed by atoms with van der Waals surface area (Å²) in [6.45, 7) is 0.690. The van der Waals surface area contributed by atoms with E-state index in [-0.39, 0.29) is 29.0 Å². The van der Waals surface area contributed by atoms with E-state index in [1.807, 2.05) is 0 Å². The Labute approximate surface area is 151 Å². The Morgan fingerprint density at radius 1 is 1.23 bits per heavy atom. The summed E-state index contributed by atoms with van der Waals surface area (Å²) in [5, 5.41) is 3.28. The van der Waals surface area contributed by atoms with Crippen LogP contribution in [-0.4, -0.2) is 41.4 Å². The van der Waals surface area contributed by atoms with Crippen LogP contribution in [0, 0.1) is 0 Å². The van der Waals surface area contributed by atoms with Gasteiger partial charge in [-0.05, 0) is 37.5 Å². The number of aryl methyl sites for hydroxylation is 1. The van der Waals surface area contributed by atoms with E-state index < -0.39 is 9.84 Å². The van der Waals surface area contributed by atoms with E-state index in [1.54, 1.807) is 22.8 Å². The van der Waals surface area contributed by atoms with Crippen molar-refractivity contribution in [2.45, 2.75) is 44.7 Å². The van der Waals surface area contributed by atoms with E-state index in [0.717, 1.165) is 31.5 Å². The summed E-state index contributed by atoms with van der Waals surface area (Å²) in [5.74, 6) is 0.546. The highest BCUT2D eigenvalue weighted by atomic mass is 32.2. The molecule has 1 atom stereocenters. The summed E-state index contributed by atoms with van der Waals surface area (Å²) in [7, 11) is -3.05. The average molecular weight is 375 g/mol. The molecule has 2 aliphatic rings. The molecular weight excluding hydrogens is 354 g/mol. The predicted octanol–water partition coefficient (Wildman–Crippen LogP) is 1.04. The van der Waals surface area contributed by atoms with Gasteiger partial charge in [-0.2, -0.15) is 0 Å². The fourth-order valence-corrected chi connectivity index (χ4v) is 5.41. The molecule has 26 heavy (non-hydrogen) atoms. The minimum atomic E-state index is -3.05. The monoisotopic (exact) mass is 375 g/mol. The molecular formula is C18H21N3O4S. The minimum absolute atomic E-state index is 0.0145. The molecule has 2 aliphatic heterocycles. The van der Waals surface area contributed by atoms with E-state index in [0.29, 0.717) is 29.4 Å². The molecule has 4 rings (SSSR count). The van der Waals surface area contributed by atoms with Crippen LogP contribution >= 0.6 is 0 Å². The Morgan fingerprint density at radius 2 is 2.08 bits per heavy atom. The van der Waals surface area contributed by atoms with Gasteiger partial charge in [0, 0.05) is 24.6 Å². The zero-order valence-corrected chi connectivity index (χ0v) is 15.2. The topological polar surface area (TPSA) is 98.1 Å². The Morgan fingerprint density at radius 3 is 2.85 bits per heavy atom. The van der Waals surface area contributed by atoms with Crippen LogP contribution in [0.15, 0.2) is 23.0 Å². The number of hydrogen-bond acceptors (Lipinski definition) is 5. The van der Waals surface area contributed by atoms with Crippen molar-refractivity contribution in [2.24, 2.45) is 0 Å². The SMILES string of the molecule is O=C(N[C@@H]1CCS(=O)(=O)C1)c1ccc2c(=O)n3c(nc2c1)CCCCC3. The molecule has 0 saturated carbocycles. The zero-order chi connectivity index (χ0) is 18.3. The molecule has 1 amide bonds. The lowest BCUT2D eigenvalue weighted by Gasteiger charge is -2.13. The third-order valence-electron chi connectivity index (χ3n) is 5.15. The molecule has 1 aromatic heterocycles. The van der Waals surface area contributed by atoms with Crippen molar-refractivity contribution in [1.82, 2.24) is 14.9 Å². The normalized spacial score (nSPS) is 21.9. The first-order chi connectivity index (χ1) is 12.4. The van der Waals surface area contributed by atoms with Crippen LogP contribution in [0.2, 0.25) is 0 Å². The fraction of sp³-hybridized carbons (Fsp3) is 0.500. The Bertz CT molecular complexity index is 1040. The molecule has 7 nitrogen and oxygen atoms in total. The van der Waals surface area contributed by atoms with Gasteiger partial charge in [0.05, 0.1) is 22.4 Å². The van der Waals surface area contributed by atoms with Gasteiger partial charge in [-0.15, -0.1) is 0 Å². The quantitative estimate of drug-likeness (QED) is 0.846. The maximum atomic E-state index is 12.7. The minimum Gasteiger partial charge on any atom is -0.348 e. The van der Waals surface area contributed by atoms with Crippen LogP contribution in [0.25, 0.3) is 10.9 Å². The van der Waals surface area contributed by atoms with Crippen molar-refractivity contribution in [2.75, 3.05) is 11.5 Å². The summed E-state index contributed by atoms with van der Waals surface area (Å²) in [5.41, 5.74) is 0.864. The maximum Gasteiger partial charge on any atom is 0.261 e. The van der Waals surface area contributed by atoms with Gasteiger partial charge in [0.15, 0.2) is 9.84 Å². The highest BCUT2D eigenvalue weighted by Gasteiger charge is 2.29. The number of hydrogen-bond donors (Lipinski definition) is 1. The molecule has 1 aromatic carbocycles. The van der Waals surface area contributed by atoms with E-state index in [4.69, 9.17) is 0 Å². The van der Waals surface area contributed by atoms with Crippen molar-refractivity contribution in [3.63, 3.8) is 0 Å². The van der Waals surface area contributed by atoms with Crippen LogP contribution in [-0.2, 0) is 22.8 Å². The second-order valence-electron chi connectivity index (χ2n) is 7.10. The molecule has 0 bridgehead atoms. The summed E-state index contributed by atoms with van der Waals surface area (Å²) in [6.07, 6.45) is 4.27. The largest absolute Gasteiger partial charge is 0.348 e. The molecule has 3 heterocycles. The van der Waals surface area contributed by atoms with E-state index in [2.05, 4.69) is 10.3 Å². The van der Waals surface area contributed by atoms with Crippen molar-refractivity contribution in [1.29, 1.82) is 0 Å². The van der Waals surface area contributed by atoms with Crippen molar-refractivity contribution >= 4 is 26.6 Å². The van der Waals surface area contributed by atoms with Gasteiger partial charge in [-0.3, -0.25) is 14.2 Å². The molecule has 0 radical (unpaired) electrons. The number of benzene rings is 1. The number of sulfone groups is 1. The zero-order valence-electron chi connectivity index (χ0n) is 14.4. The number of fused-ring (bicyclic) bond motifs is 2. The van der Waals surface area contributed by atoms with Gasteiger partial charge in [-0.25, -0.2) is 13.4 Å². The van der Waals surface area contributed by atoms with E-state index >= 15 is 0 Å². The van der Waals surface area contributed by atoms with Crippen LogP contribution in [0.4, 0.5) is 0 Å². The van der Waals surface area contributed by atoms with Crippen LogP contribution in [0.5, 0.6) is 0 Å². The van der Waals surface area contributed by atoms with Gasteiger partial charge in [0.1, 0.15) is 5.82 Å². The number of carbonyl (C=O) groups is 1. The summed E-state index contributed by atoms with van der Waals surface area (Å²) < 4.78 is 24.8. The number of rotatable bonds is 2. The van der Waals surface area contributed by atoms with Gasteiger partial charge >= 0.3 is 0 Å². The molecule has 0 unspecified atom stereocenters. The number of aromatic nitrogens is 2. The van der Waals surface area contributed by atoms with Gasteiger partial charge in [0.2, 0.25) is 0 Å². The first kappa shape index (κ1) is 17.2. The van der Waals surface area contributed by atoms with Gasteiger partial charge in [-0.1, -0.05) is 6.42 Å². The highest BCUT2D eigenvalue weighted by Crippen LogP contribution is 2.17. The third-order valence-corrected chi connectivity index (χ3v) is 6.91. The molecule has 8 heteroatoms. The smallest absolute Gasteiger partial charge is 0.261 e. The molecule has 1 N–H and O–H groups in total. The first-order valence-electron chi connectivity index (χ1n) is 8.98. The van der Waals surface area contributed by atoms with Crippen LogP contribution in [0.1, 0.15) is 41.9 Å². The van der Waals surface area contributed by atoms with E-state index in [9.17, 15) is 18.0 Å². The molecule has 0 aliphatic carbocycles. The van der Waals surface area contributed by atoms with Gasteiger partial charge < -0.3 is 5.32 Å². The number of nitrogens with zero attached hydrogens (tertiary/aromatic N) is 2. The van der Waals surface area contributed by atoms with Gasteiger partial charge in [0.25, 0.3) is 11.5 Å². The average Bonchev–Trinajstić information content (AvgIpc) is 2.80. The van der Waals surface area contributed by atoms with Crippen LogP contribution < -0.4 is 10.9 Å². The highest BCUT2D eigenvalue weighted by molar-refractivity contribution is 7.91. The Balaban J connectivity index is 1.65. The first-order valence-corrected chi connectivity index (χ1v) is 10.8. The number of carbonyl (C=O) groups excluding carboxylic acids is 1. The standard InChI is InChI=1S/C18H21N3O4S/c22-17(19-13-7-9-26(24,25)11-13)12-5-6-14-15(10-12)20-16-4-2-1-3-8-21(16)18(14)23/h5-6,10,13H,1-4,7-9,11H2,(H,19,22)/t13-/m1/s1. The molecule has 0 spiro atoms. The predicted molar refractivity (Wildman–Crippen MR) is 98.1 cm³/mol.